The standard InChI is InChI=1S/C11H15BrN2/c1-7-5-8-10(13)3-2-4-14-11(8)9(12)6-7/h5-6,10,14H,2-4,13H2,1H3. The summed E-state index contributed by atoms with van der Waals surface area (Å²) >= 11 is 3.58. The molecule has 3 N–H and O–H groups in total. The normalized spacial score (nSPS) is 20.9. The number of benzene rings is 1. The molecule has 0 fully saturated rings. The highest BCUT2D eigenvalue weighted by molar-refractivity contribution is 9.10. The van der Waals surface area contributed by atoms with E-state index in [1.165, 1.54) is 16.8 Å². The molecule has 2 nitrogen and oxygen atoms in total. The van der Waals surface area contributed by atoms with Crippen LogP contribution in [-0.4, -0.2) is 6.54 Å². The van der Waals surface area contributed by atoms with Gasteiger partial charge in [0, 0.05) is 17.1 Å². The second kappa shape index (κ2) is 3.91. The Labute approximate surface area is 93.0 Å². The van der Waals surface area contributed by atoms with E-state index < -0.39 is 0 Å². The number of hydrogen-bond acceptors (Lipinski definition) is 2. The number of rotatable bonds is 0. The Balaban J connectivity index is 2.53. The van der Waals surface area contributed by atoms with Gasteiger partial charge in [0.15, 0.2) is 0 Å². The first-order valence-corrected chi connectivity index (χ1v) is 5.77. The molecule has 0 saturated heterocycles. The molecule has 0 aliphatic carbocycles. The summed E-state index contributed by atoms with van der Waals surface area (Å²) in [6.45, 7) is 3.12. The lowest BCUT2D eigenvalue weighted by molar-refractivity contribution is 0.642. The second-order valence-electron chi connectivity index (χ2n) is 3.89. The lowest BCUT2D eigenvalue weighted by atomic mass is 10.0. The van der Waals surface area contributed by atoms with E-state index in [0.29, 0.717) is 0 Å². The van der Waals surface area contributed by atoms with Crippen molar-refractivity contribution in [1.29, 1.82) is 0 Å². The van der Waals surface area contributed by atoms with Gasteiger partial charge in [-0.25, -0.2) is 0 Å². The maximum Gasteiger partial charge on any atom is 0.0533 e. The Morgan fingerprint density at radius 2 is 2.29 bits per heavy atom. The van der Waals surface area contributed by atoms with E-state index in [2.05, 4.69) is 40.3 Å². The average Bonchev–Trinajstić information content (AvgIpc) is 2.29. The fraction of sp³-hybridized carbons (Fsp3) is 0.455. The summed E-state index contributed by atoms with van der Waals surface area (Å²) in [5.41, 5.74) is 9.81. The van der Waals surface area contributed by atoms with Crippen LogP contribution >= 0.6 is 15.9 Å². The quantitative estimate of drug-likeness (QED) is 0.748. The van der Waals surface area contributed by atoms with Crippen LogP contribution < -0.4 is 11.1 Å². The van der Waals surface area contributed by atoms with Crippen molar-refractivity contribution in [2.24, 2.45) is 5.73 Å². The number of nitrogens with two attached hydrogens (primary N) is 1. The van der Waals surface area contributed by atoms with Crippen LogP contribution in [0.3, 0.4) is 0 Å². The zero-order valence-electron chi connectivity index (χ0n) is 8.31. The summed E-state index contributed by atoms with van der Waals surface area (Å²) in [6, 6.07) is 4.49. The van der Waals surface area contributed by atoms with Gasteiger partial charge in [0.1, 0.15) is 0 Å². The molecular formula is C11H15BrN2. The van der Waals surface area contributed by atoms with Crippen molar-refractivity contribution in [2.45, 2.75) is 25.8 Å². The van der Waals surface area contributed by atoms with Gasteiger partial charge in [0.05, 0.1) is 5.69 Å². The van der Waals surface area contributed by atoms with E-state index in [1.54, 1.807) is 0 Å². The third-order valence-electron chi connectivity index (χ3n) is 2.66. The van der Waals surface area contributed by atoms with E-state index in [-0.39, 0.29) is 6.04 Å². The van der Waals surface area contributed by atoms with Crippen molar-refractivity contribution >= 4 is 21.6 Å². The summed E-state index contributed by atoms with van der Waals surface area (Å²) in [6.07, 6.45) is 2.21. The zero-order valence-corrected chi connectivity index (χ0v) is 9.89. The Hall–Kier alpha value is -0.540. The zero-order chi connectivity index (χ0) is 10.1. The number of anilines is 1. The smallest absolute Gasteiger partial charge is 0.0533 e. The van der Waals surface area contributed by atoms with Crippen LogP contribution in [0.15, 0.2) is 16.6 Å². The van der Waals surface area contributed by atoms with Gasteiger partial charge in [-0.3, -0.25) is 0 Å². The number of nitrogens with one attached hydrogen (secondary N) is 1. The molecule has 0 spiro atoms. The minimum absolute atomic E-state index is 0.177. The second-order valence-corrected chi connectivity index (χ2v) is 4.74. The highest BCUT2D eigenvalue weighted by Gasteiger charge is 2.17. The molecule has 0 radical (unpaired) electrons. The van der Waals surface area contributed by atoms with E-state index >= 15 is 0 Å². The highest BCUT2D eigenvalue weighted by Crippen LogP contribution is 2.34. The van der Waals surface area contributed by atoms with Crippen molar-refractivity contribution in [2.75, 3.05) is 11.9 Å². The van der Waals surface area contributed by atoms with E-state index in [4.69, 9.17) is 5.73 Å². The van der Waals surface area contributed by atoms with Crippen LogP contribution in [0.2, 0.25) is 0 Å². The maximum absolute atomic E-state index is 6.12. The average molecular weight is 255 g/mol. The molecule has 3 heteroatoms. The number of halogens is 1. The van der Waals surface area contributed by atoms with E-state index in [0.717, 1.165) is 23.9 Å². The van der Waals surface area contributed by atoms with Crippen LogP contribution in [-0.2, 0) is 0 Å². The number of hydrogen-bond donors (Lipinski definition) is 2. The molecule has 0 amide bonds. The van der Waals surface area contributed by atoms with Gasteiger partial charge in [-0.2, -0.15) is 0 Å². The van der Waals surface area contributed by atoms with E-state index in [9.17, 15) is 0 Å². The van der Waals surface area contributed by atoms with Gasteiger partial charge < -0.3 is 11.1 Å². The van der Waals surface area contributed by atoms with Crippen molar-refractivity contribution in [3.8, 4) is 0 Å². The molecule has 0 aromatic heterocycles. The molecule has 1 aliphatic heterocycles. The van der Waals surface area contributed by atoms with Gasteiger partial charge in [-0.15, -0.1) is 0 Å². The molecule has 14 heavy (non-hydrogen) atoms. The fourth-order valence-corrected chi connectivity index (χ4v) is 2.67. The molecule has 1 aromatic carbocycles. The first-order chi connectivity index (χ1) is 6.68. The molecule has 1 unspecified atom stereocenters. The molecule has 1 aliphatic rings. The Morgan fingerprint density at radius 3 is 3.07 bits per heavy atom. The van der Waals surface area contributed by atoms with Crippen LogP contribution in [0.25, 0.3) is 0 Å². The van der Waals surface area contributed by atoms with Gasteiger partial charge in [-0.05, 0) is 52.9 Å². The summed E-state index contributed by atoms with van der Waals surface area (Å²) < 4.78 is 1.13. The van der Waals surface area contributed by atoms with Crippen molar-refractivity contribution in [1.82, 2.24) is 0 Å². The van der Waals surface area contributed by atoms with Crippen molar-refractivity contribution in [3.63, 3.8) is 0 Å². The summed E-state index contributed by atoms with van der Waals surface area (Å²) in [4.78, 5) is 0. The molecular weight excluding hydrogens is 240 g/mol. The SMILES string of the molecule is Cc1cc(Br)c2c(c1)C(N)CCCN2. The summed E-state index contributed by atoms with van der Waals surface area (Å²) in [5, 5.41) is 3.42. The predicted octanol–water partition coefficient (Wildman–Crippen LogP) is 2.96. The van der Waals surface area contributed by atoms with Crippen LogP contribution in [0.1, 0.15) is 30.0 Å². The van der Waals surface area contributed by atoms with Crippen LogP contribution in [0, 0.1) is 6.92 Å². The van der Waals surface area contributed by atoms with Crippen LogP contribution in [0.4, 0.5) is 5.69 Å². The van der Waals surface area contributed by atoms with Gasteiger partial charge in [-0.1, -0.05) is 6.07 Å². The minimum atomic E-state index is 0.177. The molecule has 0 bridgehead atoms. The Bertz CT molecular complexity index is 349. The maximum atomic E-state index is 6.12. The third-order valence-corrected chi connectivity index (χ3v) is 3.28. The van der Waals surface area contributed by atoms with Crippen molar-refractivity contribution < 1.29 is 0 Å². The van der Waals surface area contributed by atoms with Gasteiger partial charge in [0.25, 0.3) is 0 Å². The Morgan fingerprint density at radius 1 is 1.50 bits per heavy atom. The monoisotopic (exact) mass is 254 g/mol. The van der Waals surface area contributed by atoms with E-state index in [1.807, 2.05) is 0 Å². The summed E-state index contributed by atoms with van der Waals surface area (Å²) in [7, 11) is 0. The molecule has 0 saturated carbocycles. The first kappa shape index (κ1) is 9.99. The Kier molecular flexibility index (Phi) is 2.79. The molecule has 1 heterocycles. The third kappa shape index (κ3) is 1.79. The number of aryl methyl sites for hydroxylation is 1. The lowest BCUT2D eigenvalue weighted by Gasteiger charge is -2.15. The number of fused-ring (bicyclic) bond motifs is 1. The fourth-order valence-electron chi connectivity index (χ4n) is 1.94. The minimum Gasteiger partial charge on any atom is -0.384 e. The topological polar surface area (TPSA) is 38.0 Å². The molecule has 1 aromatic rings. The molecule has 2 rings (SSSR count). The van der Waals surface area contributed by atoms with Gasteiger partial charge in [0.2, 0.25) is 0 Å². The molecule has 76 valence electrons. The van der Waals surface area contributed by atoms with Crippen molar-refractivity contribution in [3.05, 3.63) is 27.7 Å². The highest BCUT2D eigenvalue weighted by atomic mass is 79.9. The summed E-state index contributed by atoms with van der Waals surface area (Å²) in [5.74, 6) is 0. The largest absolute Gasteiger partial charge is 0.384 e. The van der Waals surface area contributed by atoms with Gasteiger partial charge >= 0.3 is 0 Å². The molecule has 1 atom stereocenters. The lowest BCUT2D eigenvalue weighted by Crippen LogP contribution is -2.09. The predicted molar refractivity (Wildman–Crippen MR) is 63.5 cm³/mol. The first-order valence-electron chi connectivity index (χ1n) is 4.98. The van der Waals surface area contributed by atoms with Crippen LogP contribution in [0.5, 0.6) is 0 Å².